The van der Waals surface area contributed by atoms with Crippen LogP contribution in [0, 0.1) is 23.7 Å². The lowest BCUT2D eigenvalue weighted by atomic mass is 9.95. The molecule has 69 heavy (non-hydrogen) atoms. The van der Waals surface area contributed by atoms with Crippen LogP contribution in [0.15, 0.2) is 48.5 Å². The fraction of sp³-hybridized carbons (Fsp3) is 0.532. The van der Waals surface area contributed by atoms with E-state index in [-0.39, 0.29) is 42.8 Å². The van der Waals surface area contributed by atoms with E-state index in [1.54, 1.807) is 78.8 Å². The Hall–Kier alpha value is -7.10. The van der Waals surface area contributed by atoms with Gasteiger partial charge in [0.05, 0.1) is 25.6 Å². The molecule has 1 aliphatic rings. The van der Waals surface area contributed by atoms with Gasteiger partial charge in [-0.1, -0.05) is 92.1 Å². The van der Waals surface area contributed by atoms with Gasteiger partial charge in [-0.25, -0.2) is 0 Å². The van der Waals surface area contributed by atoms with Gasteiger partial charge in [-0.15, -0.1) is 0 Å². The highest BCUT2D eigenvalue weighted by Crippen LogP contribution is 2.23. The quantitative estimate of drug-likeness (QED) is 0.0644. The zero-order valence-corrected chi connectivity index (χ0v) is 40.9. The van der Waals surface area contributed by atoms with Gasteiger partial charge in [-0.3, -0.25) is 58.8 Å². The van der Waals surface area contributed by atoms with Crippen LogP contribution in [-0.4, -0.2) is 120 Å². The van der Waals surface area contributed by atoms with E-state index in [0.29, 0.717) is 17.7 Å². The zero-order valence-electron chi connectivity index (χ0n) is 40.9. The lowest BCUT2D eigenvalue weighted by molar-refractivity contribution is -0.151. The summed E-state index contributed by atoms with van der Waals surface area (Å²) in [6.07, 6.45) is -0.124. The van der Waals surface area contributed by atoms with Crippen LogP contribution in [0.3, 0.4) is 0 Å². The number of carbonyl (C=O) groups is 10. The molecule has 2 aromatic rings. The van der Waals surface area contributed by atoms with Crippen LogP contribution < -0.4 is 58.5 Å². The van der Waals surface area contributed by atoms with Gasteiger partial charge in [0.1, 0.15) is 42.0 Å². The molecule has 7 atom stereocenters. The number of methoxy groups -OCH3 is 1. The third-order valence-corrected chi connectivity index (χ3v) is 11.5. The fourth-order valence-electron chi connectivity index (χ4n) is 7.31. The van der Waals surface area contributed by atoms with E-state index in [4.69, 9.17) is 10.5 Å². The maximum Gasteiger partial charge on any atom is 0.273 e. The SMILES string of the molecule is CC[C@H](C)[C@H](NC(=O)[C@@H](NC(=O)[C@@H](NC(=O)CN)C(C)C)C(C)C)C(=O)NC[C@@H]1C(=O)N[C@@H](CC(=O)N[C@H](C(=O)NNC(=O)c2cc(NC(C)=O)ccc2OC)C(C)C)C(=O)N1Cc1ccccc1. The summed E-state index contributed by atoms with van der Waals surface area (Å²) in [5, 5.41) is 18.5. The molecule has 0 radical (unpaired) electrons. The third-order valence-electron chi connectivity index (χ3n) is 11.5. The van der Waals surface area contributed by atoms with Crippen LogP contribution >= 0.6 is 0 Å². The number of amides is 10. The van der Waals surface area contributed by atoms with Crippen LogP contribution in [0.4, 0.5) is 5.69 Å². The number of ether oxygens (including phenoxy) is 1. The predicted molar refractivity (Wildman–Crippen MR) is 254 cm³/mol. The molecule has 11 N–H and O–H groups in total. The number of nitrogens with two attached hydrogens (primary N) is 1. The van der Waals surface area contributed by atoms with Crippen LogP contribution in [0.1, 0.15) is 91.1 Å². The average Bonchev–Trinajstić information content (AvgIpc) is 3.30. The second kappa shape index (κ2) is 26.4. The lowest BCUT2D eigenvalue weighted by Gasteiger charge is -2.39. The summed E-state index contributed by atoms with van der Waals surface area (Å²) in [5.74, 6) is -8.10. The number of rotatable bonds is 23. The van der Waals surface area contributed by atoms with E-state index in [1.165, 1.54) is 37.1 Å². The second-order valence-electron chi connectivity index (χ2n) is 17.9. The summed E-state index contributed by atoms with van der Waals surface area (Å²) in [7, 11) is 1.34. The maximum atomic E-state index is 14.2. The minimum atomic E-state index is -1.37. The predicted octanol–water partition coefficient (Wildman–Crippen LogP) is -0.271. The number of hydrazine groups is 1. The Morgan fingerprint density at radius 1 is 0.725 bits per heavy atom. The van der Waals surface area contributed by atoms with E-state index in [9.17, 15) is 47.9 Å². The van der Waals surface area contributed by atoms with Gasteiger partial charge >= 0.3 is 0 Å². The van der Waals surface area contributed by atoms with Gasteiger partial charge in [0.25, 0.3) is 11.8 Å². The Labute approximate surface area is 402 Å². The van der Waals surface area contributed by atoms with Crippen molar-refractivity contribution in [3.63, 3.8) is 0 Å². The van der Waals surface area contributed by atoms with Crippen molar-refractivity contribution in [1.29, 1.82) is 0 Å². The Bertz CT molecular complexity index is 2190. The number of anilines is 1. The average molecular weight is 964 g/mol. The maximum absolute atomic E-state index is 14.2. The number of hydrogen-bond acceptors (Lipinski definition) is 12. The normalized spacial score (nSPS) is 16.8. The molecule has 1 heterocycles. The largest absolute Gasteiger partial charge is 0.496 e. The number of piperazine rings is 1. The number of nitrogens with zero attached hydrogens (tertiary/aromatic N) is 1. The Morgan fingerprint density at radius 3 is 1.84 bits per heavy atom. The van der Waals surface area contributed by atoms with Gasteiger partial charge in [-0.2, -0.15) is 0 Å². The second-order valence-corrected chi connectivity index (χ2v) is 17.9. The minimum Gasteiger partial charge on any atom is -0.496 e. The fourth-order valence-corrected chi connectivity index (χ4v) is 7.31. The molecule has 0 aliphatic carbocycles. The molecule has 0 bridgehead atoms. The van der Waals surface area contributed by atoms with Crippen molar-refractivity contribution in [2.45, 2.75) is 118 Å². The highest BCUT2D eigenvalue weighted by atomic mass is 16.5. The lowest BCUT2D eigenvalue weighted by Crippen LogP contribution is -2.67. The molecule has 10 amide bonds. The summed E-state index contributed by atoms with van der Waals surface area (Å²) < 4.78 is 5.25. The van der Waals surface area contributed by atoms with Crippen molar-refractivity contribution in [1.82, 2.24) is 47.7 Å². The van der Waals surface area contributed by atoms with Gasteiger partial charge in [0.2, 0.25) is 47.3 Å². The van der Waals surface area contributed by atoms with Crippen molar-refractivity contribution in [2.75, 3.05) is 25.5 Å². The first-order valence-electron chi connectivity index (χ1n) is 22.9. The van der Waals surface area contributed by atoms with Gasteiger partial charge in [0, 0.05) is 25.7 Å². The smallest absolute Gasteiger partial charge is 0.273 e. The van der Waals surface area contributed by atoms with Crippen LogP contribution in [0.25, 0.3) is 0 Å². The molecular formula is C47H69N11O11. The summed E-state index contributed by atoms with van der Waals surface area (Å²) >= 11 is 0. The number of benzene rings is 2. The number of nitrogens with one attached hydrogen (secondary N) is 9. The minimum absolute atomic E-state index is 0.00759. The first-order valence-corrected chi connectivity index (χ1v) is 22.9. The van der Waals surface area contributed by atoms with Crippen molar-refractivity contribution in [2.24, 2.45) is 29.4 Å². The molecule has 1 saturated heterocycles. The molecule has 378 valence electrons. The molecule has 22 heteroatoms. The Balaban J connectivity index is 1.76. The van der Waals surface area contributed by atoms with E-state index >= 15 is 0 Å². The van der Waals surface area contributed by atoms with Crippen molar-refractivity contribution in [3.05, 3.63) is 59.7 Å². The van der Waals surface area contributed by atoms with Gasteiger partial charge in [-0.05, 0) is 47.4 Å². The van der Waals surface area contributed by atoms with Crippen molar-refractivity contribution < 1.29 is 52.7 Å². The van der Waals surface area contributed by atoms with Crippen LogP contribution in [0.5, 0.6) is 5.75 Å². The van der Waals surface area contributed by atoms with Crippen molar-refractivity contribution in [3.8, 4) is 5.75 Å². The van der Waals surface area contributed by atoms with E-state index < -0.39 is 114 Å². The molecular weight excluding hydrogens is 895 g/mol. The molecule has 0 spiro atoms. The summed E-state index contributed by atoms with van der Waals surface area (Å²) in [5.41, 5.74) is 11.0. The highest BCUT2D eigenvalue weighted by molar-refractivity contribution is 6.02. The molecule has 3 rings (SSSR count). The Kier molecular flexibility index (Phi) is 21.5. The molecule has 0 saturated carbocycles. The summed E-state index contributed by atoms with van der Waals surface area (Å²) in [6.45, 7) is 14.2. The number of hydrogen-bond donors (Lipinski definition) is 10. The molecule has 2 aromatic carbocycles. The van der Waals surface area contributed by atoms with Gasteiger partial charge < -0.3 is 52.6 Å². The molecule has 1 fully saturated rings. The first-order chi connectivity index (χ1) is 32.5. The number of carbonyl (C=O) groups excluding carboxylic acids is 10. The molecule has 22 nitrogen and oxygen atoms in total. The first kappa shape index (κ1) is 56.2. The summed E-state index contributed by atoms with van der Waals surface area (Å²) in [6, 6.07) is 6.03. The monoisotopic (exact) mass is 964 g/mol. The van der Waals surface area contributed by atoms with Crippen LogP contribution in [-0.2, 0) is 49.7 Å². The Morgan fingerprint density at radius 2 is 1.29 bits per heavy atom. The third kappa shape index (κ3) is 16.3. The zero-order chi connectivity index (χ0) is 51.7. The van der Waals surface area contributed by atoms with Crippen molar-refractivity contribution >= 4 is 64.8 Å². The molecule has 1 aliphatic heterocycles. The standard InChI is InChI=1S/C47H69N11O11/c1-11-27(8)40(55-45(66)38(25(4)5)54-44(65)37(24(2)3)53-36(61)21-48)43(64)49-22-33-42(63)51-32(47(68)58(33)23-29-15-13-12-14-16-29)20-35(60)52-39(26(6)7)46(67)57-56-41(62)31-19-30(50-28(9)59)17-18-34(31)69-10/h12-19,24-27,32-33,37-40H,11,20-23,48H2,1-10H3,(H,49,64)(H,50,59)(H,51,63)(H,52,60)(H,53,61)(H,54,65)(H,55,66)(H,56,62)(H,57,67)/t27-,32-,33+,37-,38-,39-,40-/m0/s1. The van der Waals surface area contributed by atoms with Gasteiger partial charge in [0.15, 0.2) is 0 Å². The van der Waals surface area contributed by atoms with E-state index in [0.717, 1.165) is 0 Å². The molecule has 0 aromatic heterocycles. The topological polar surface area (TPSA) is 317 Å². The van der Waals surface area contributed by atoms with E-state index in [1.807, 2.05) is 6.92 Å². The summed E-state index contributed by atoms with van der Waals surface area (Å²) in [4.78, 5) is 134. The van der Waals surface area contributed by atoms with Crippen LogP contribution in [0.2, 0.25) is 0 Å². The molecule has 0 unspecified atom stereocenters. The van der Waals surface area contributed by atoms with E-state index in [2.05, 4.69) is 48.1 Å². The highest BCUT2D eigenvalue weighted by Gasteiger charge is 2.43.